The smallest absolute Gasteiger partial charge is 0.258 e. The Morgan fingerprint density at radius 1 is 1.25 bits per heavy atom. The number of aromatic nitrogens is 1. The van der Waals surface area contributed by atoms with Gasteiger partial charge in [-0.3, -0.25) is 9.59 Å². The lowest BCUT2D eigenvalue weighted by Gasteiger charge is -2.16. The summed E-state index contributed by atoms with van der Waals surface area (Å²) < 4.78 is 8.55. The fourth-order valence-electron chi connectivity index (χ4n) is 3.74. The SMILES string of the molecule is C=CCn1c(=NC(=O)CSCC(=O)N2CCc3ccccc32)sc2cc(OCC)ccc21. The van der Waals surface area contributed by atoms with Gasteiger partial charge < -0.3 is 14.2 Å². The third-order valence-corrected chi connectivity index (χ3v) is 7.08. The van der Waals surface area contributed by atoms with Crippen molar-refractivity contribution in [2.24, 2.45) is 4.99 Å². The number of ether oxygens (including phenoxy) is 1. The van der Waals surface area contributed by atoms with Crippen molar-refractivity contribution in [3.8, 4) is 5.75 Å². The number of anilines is 1. The molecule has 2 heterocycles. The third-order valence-electron chi connectivity index (χ3n) is 5.14. The number of amides is 2. The average Bonchev–Trinajstić information content (AvgIpc) is 3.36. The molecular weight excluding hydrogens is 442 g/mol. The van der Waals surface area contributed by atoms with Gasteiger partial charge in [-0.1, -0.05) is 35.6 Å². The highest BCUT2D eigenvalue weighted by atomic mass is 32.2. The molecule has 0 spiro atoms. The Hall–Kier alpha value is -2.84. The van der Waals surface area contributed by atoms with E-state index in [1.165, 1.54) is 28.7 Å². The molecule has 1 aromatic heterocycles. The number of nitrogens with zero attached hydrogens (tertiary/aromatic N) is 3. The normalized spacial score (nSPS) is 13.4. The number of thiazole rings is 1. The zero-order valence-electron chi connectivity index (χ0n) is 18.0. The van der Waals surface area contributed by atoms with Gasteiger partial charge in [-0.05, 0) is 43.2 Å². The maximum atomic E-state index is 12.6. The molecule has 1 aliphatic rings. The van der Waals surface area contributed by atoms with E-state index < -0.39 is 0 Å². The van der Waals surface area contributed by atoms with Crippen molar-refractivity contribution >= 4 is 50.8 Å². The Balaban J connectivity index is 1.43. The van der Waals surface area contributed by atoms with Crippen molar-refractivity contribution in [1.29, 1.82) is 0 Å². The Kier molecular flexibility index (Phi) is 7.12. The first-order valence-electron chi connectivity index (χ1n) is 10.5. The quantitative estimate of drug-likeness (QED) is 0.469. The van der Waals surface area contributed by atoms with Gasteiger partial charge in [0.25, 0.3) is 5.91 Å². The maximum Gasteiger partial charge on any atom is 0.258 e. The van der Waals surface area contributed by atoms with Crippen LogP contribution in [0.15, 0.2) is 60.1 Å². The maximum absolute atomic E-state index is 12.6. The number of allylic oxidation sites excluding steroid dienone is 1. The Labute approximate surface area is 195 Å². The van der Waals surface area contributed by atoms with Crippen LogP contribution in [0.3, 0.4) is 0 Å². The molecule has 2 aromatic carbocycles. The summed E-state index contributed by atoms with van der Waals surface area (Å²) in [4.78, 5) is 31.9. The van der Waals surface area contributed by atoms with E-state index in [2.05, 4.69) is 17.6 Å². The Morgan fingerprint density at radius 3 is 2.91 bits per heavy atom. The number of carbonyl (C=O) groups excluding carboxylic acids is 2. The van der Waals surface area contributed by atoms with Crippen LogP contribution in [0.5, 0.6) is 5.75 Å². The Bertz CT molecular complexity index is 1230. The summed E-state index contributed by atoms with van der Waals surface area (Å²) >= 11 is 2.75. The lowest BCUT2D eigenvalue weighted by atomic mass is 10.2. The molecule has 0 N–H and O–H groups in total. The minimum absolute atomic E-state index is 0.0276. The molecule has 0 saturated heterocycles. The van der Waals surface area contributed by atoms with Gasteiger partial charge in [-0.25, -0.2) is 0 Å². The molecule has 1 aliphatic heterocycles. The molecule has 0 saturated carbocycles. The van der Waals surface area contributed by atoms with Gasteiger partial charge in [0.2, 0.25) is 5.91 Å². The molecule has 0 fully saturated rings. The fourth-order valence-corrected chi connectivity index (χ4v) is 5.50. The minimum atomic E-state index is -0.251. The van der Waals surface area contributed by atoms with E-state index in [0.29, 0.717) is 24.5 Å². The lowest BCUT2D eigenvalue weighted by Crippen LogP contribution is -2.30. The zero-order chi connectivity index (χ0) is 22.5. The summed E-state index contributed by atoms with van der Waals surface area (Å²) in [5.41, 5.74) is 3.16. The van der Waals surface area contributed by atoms with Crippen LogP contribution >= 0.6 is 23.1 Å². The highest BCUT2D eigenvalue weighted by molar-refractivity contribution is 8.00. The number of hydrogen-bond acceptors (Lipinski definition) is 5. The highest BCUT2D eigenvalue weighted by Crippen LogP contribution is 2.28. The van der Waals surface area contributed by atoms with E-state index >= 15 is 0 Å². The second kappa shape index (κ2) is 10.2. The summed E-state index contributed by atoms with van der Waals surface area (Å²) in [5.74, 6) is 0.987. The minimum Gasteiger partial charge on any atom is -0.494 e. The summed E-state index contributed by atoms with van der Waals surface area (Å²) in [6.07, 6.45) is 2.66. The topological polar surface area (TPSA) is 63.9 Å². The van der Waals surface area contributed by atoms with Crippen molar-refractivity contribution in [2.45, 2.75) is 19.9 Å². The third kappa shape index (κ3) is 4.81. The molecule has 0 bridgehead atoms. The van der Waals surface area contributed by atoms with Gasteiger partial charge in [0, 0.05) is 18.8 Å². The second-order valence-corrected chi connectivity index (χ2v) is 9.26. The van der Waals surface area contributed by atoms with Crippen LogP contribution in [0, 0.1) is 0 Å². The van der Waals surface area contributed by atoms with Gasteiger partial charge in [0.05, 0.1) is 28.3 Å². The van der Waals surface area contributed by atoms with Crippen LogP contribution in [0.4, 0.5) is 5.69 Å². The van der Waals surface area contributed by atoms with Crippen molar-refractivity contribution in [3.05, 3.63) is 65.5 Å². The molecule has 3 aromatic rings. The van der Waals surface area contributed by atoms with Gasteiger partial charge in [-0.2, -0.15) is 4.99 Å². The molecular formula is C24H25N3O3S2. The molecule has 0 unspecified atom stereocenters. The molecule has 2 amide bonds. The van der Waals surface area contributed by atoms with E-state index in [9.17, 15) is 9.59 Å². The van der Waals surface area contributed by atoms with Crippen LogP contribution in [0.25, 0.3) is 10.2 Å². The van der Waals surface area contributed by atoms with Crippen molar-refractivity contribution in [3.63, 3.8) is 0 Å². The number of thioether (sulfide) groups is 1. The van der Waals surface area contributed by atoms with Crippen LogP contribution < -0.4 is 14.4 Å². The monoisotopic (exact) mass is 467 g/mol. The van der Waals surface area contributed by atoms with Crippen molar-refractivity contribution < 1.29 is 14.3 Å². The molecule has 6 nitrogen and oxygen atoms in total. The van der Waals surface area contributed by atoms with Crippen LogP contribution in [-0.2, 0) is 22.6 Å². The van der Waals surface area contributed by atoms with E-state index in [0.717, 1.165) is 28.1 Å². The molecule has 0 radical (unpaired) electrons. The van der Waals surface area contributed by atoms with Gasteiger partial charge >= 0.3 is 0 Å². The molecule has 0 aliphatic carbocycles. The lowest BCUT2D eigenvalue weighted by molar-refractivity contribution is -0.116. The molecule has 32 heavy (non-hydrogen) atoms. The first-order chi connectivity index (χ1) is 15.6. The van der Waals surface area contributed by atoms with E-state index in [1.807, 2.05) is 52.8 Å². The second-order valence-electron chi connectivity index (χ2n) is 7.27. The zero-order valence-corrected chi connectivity index (χ0v) is 19.6. The molecule has 8 heteroatoms. The fraction of sp³-hybridized carbons (Fsp3) is 0.292. The first kappa shape index (κ1) is 22.4. The van der Waals surface area contributed by atoms with Crippen molar-refractivity contribution in [2.75, 3.05) is 29.6 Å². The summed E-state index contributed by atoms with van der Waals surface area (Å²) in [5, 5.41) is 0. The average molecular weight is 468 g/mol. The number of hydrogen-bond donors (Lipinski definition) is 0. The largest absolute Gasteiger partial charge is 0.494 e. The number of para-hydroxylation sites is 1. The number of rotatable bonds is 8. The number of fused-ring (bicyclic) bond motifs is 2. The predicted molar refractivity (Wildman–Crippen MR) is 132 cm³/mol. The van der Waals surface area contributed by atoms with Gasteiger partial charge in [0.15, 0.2) is 4.80 Å². The van der Waals surface area contributed by atoms with E-state index in [4.69, 9.17) is 4.74 Å². The van der Waals surface area contributed by atoms with Crippen LogP contribution in [0.1, 0.15) is 12.5 Å². The molecule has 0 atom stereocenters. The van der Waals surface area contributed by atoms with Crippen molar-refractivity contribution in [1.82, 2.24) is 4.57 Å². The van der Waals surface area contributed by atoms with E-state index in [-0.39, 0.29) is 23.3 Å². The number of carbonyl (C=O) groups is 2. The summed E-state index contributed by atoms with van der Waals surface area (Å²) in [6, 6.07) is 13.8. The molecule has 166 valence electrons. The highest BCUT2D eigenvalue weighted by Gasteiger charge is 2.23. The molecule has 4 rings (SSSR count). The summed E-state index contributed by atoms with van der Waals surface area (Å²) in [7, 11) is 0. The standard InChI is InChI=1S/C24H25N3O3S2/c1-3-12-27-20-10-9-18(30-4-2)14-21(20)32-24(27)25-22(28)15-31-16-23(29)26-13-11-17-7-5-6-8-19(17)26/h3,5-10,14H,1,4,11-13,15-16H2,2H3. The predicted octanol–water partition coefficient (Wildman–Crippen LogP) is 4.04. The van der Waals surface area contributed by atoms with Gasteiger partial charge in [-0.15, -0.1) is 18.3 Å². The van der Waals surface area contributed by atoms with Crippen LogP contribution in [-0.4, -0.2) is 41.0 Å². The summed E-state index contributed by atoms with van der Waals surface area (Å²) in [6.45, 7) is 7.61. The first-order valence-corrected chi connectivity index (χ1v) is 12.5. The Morgan fingerprint density at radius 2 is 2.09 bits per heavy atom. The number of benzene rings is 2. The van der Waals surface area contributed by atoms with E-state index in [1.54, 1.807) is 6.08 Å². The van der Waals surface area contributed by atoms with Crippen LogP contribution in [0.2, 0.25) is 0 Å². The van der Waals surface area contributed by atoms with Gasteiger partial charge in [0.1, 0.15) is 5.75 Å².